The van der Waals surface area contributed by atoms with Crippen LogP contribution in [0, 0.1) is 6.92 Å². The Morgan fingerprint density at radius 2 is 1.62 bits per heavy atom. The van der Waals surface area contributed by atoms with Gasteiger partial charge in [0.2, 0.25) is 0 Å². The van der Waals surface area contributed by atoms with Crippen molar-refractivity contribution in [2.24, 2.45) is 0 Å². The molecular formula is C24H30N2O5S. The van der Waals surface area contributed by atoms with Gasteiger partial charge in [-0.3, -0.25) is 9.10 Å². The lowest BCUT2D eigenvalue weighted by atomic mass is 10.2. The molecule has 1 aliphatic heterocycles. The predicted octanol–water partition coefficient (Wildman–Crippen LogP) is 3.77. The topological polar surface area (TPSA) is 84.0 Å². The van der Waals surface area contributed by atoms with E-state index in [2.05, 4.69) is 0 Å². The summed E-state index contributed by atoms with van der Waals surface area (Å²) in [5.74, 6) is -0.946. The first-order valence-electron chi connectivity index (χ1n) is 10.9. The lowest BCUT2D eigenvalue weighted by Gasteiger charge is -2.24. The molecule has 1 atom stereocenters. The molecule has 1 saturated heterocycles. The standard InChI is InChI=1S/C24H30N2O5S/c1-18-11-13-21(14-12-18)25(3)32(29,30)22-10-8-9-20(17-22)24(28)31-19(2)23(27)26-15-6-4-5-7-16-26/h8-14,17,19H,4-7,15-16H2,1-3H3. The number of sulfonamides is 1. The highest BCUT2D eigenvalue weighted by Crippen LogP contribution is 2.23. The Hall–Kier alpha value is -2.87. The zero-order chi connectivity index (χ0) is 23.3. The van der Waals surface area contributed by atoms with E-state index < -0.39 is 22.1 Å². The number of anilines is 1. The minimum absolute atomic E-state index is 0.0264. The summed E-state index contributed by atoms with van der Waals surface area (Å²) in [5.41, 5.74) is 1.62. The van der Waals surface area contributed by atoms with Gasteiger partial charge in [0.1, 0.15) is 0 Å². The van der Waals surface area contributed by atoms with Gasteiger partial charge in [-0.15, -0.1) is 0 Å². The number of hydrogen-bond donors (Lipinski definition) is 0. The van der Waals surface area contributed by atoms with Crippen LogP contribution in [0.4, 0.5) is 5.69 Å². The smallest absolute Gasteiger partial charge is 0.338 e. The first-order chi connectivity index (χ1) is 15.2. The molecule has 32 heavy (non-hydrogen) atoms. The molecule has 0 radical (unpaired) electrons. The molecule has 0 saturated carbocycles. The number of carbonyl (C=O) groups excluding carboxylic acids is 2. The van der Waals surface area contributed by atoms with Crippen LogP contribution in [0.2, 0.25) is 0 Å². The van der Waals surface area contributed by atoms with Crippen LogP contribution in [0.1, 0.15) is 48.5 Å². The van der Waals surface area contributed by atoms with E-state index in [0.29, 0.717) is 18.8 Å². The zero-order valence-electron chi connectivity index (χ0n) is 18.8. The van der Waals surface area contributed by atoms with E-state index in [9.17, 15) is 18.0 Å². The number of rotatable bonds is 6. The maximum absolute atomic E-state index is 13.1. The van der Waals surface area contributed by atoms with E-state index in [4.69, 9.17) is 4.74 Å². The van der Waals surface area contributed by atoms with Crippen LogP contribution in [-0.2, 0) is 19.6 Å². The number of hydrogen-bond acceptors (Lipinski definition) is 5. The molecule has 7 nitrogen and oxygen atoms in total. The molecule has 0 aliphatic carbocycles. The highest BCUT2D eigenvalue weighted by Gasteiger charge is 2.26. The molecule has 1 amide bonds. The third kappa shape index (κ3) is 5.48. The van der Waals surface area contributed by atoms with Gasteiger partial charge in [0.25, 0.3) is 15.9 Å². The molecular weight excluding hydrogens is 428 g/mol. The number of aryl methyl sites for hydroxylation is 1. The molecule has 0 spiro atoms. The highest BCUT2D eigenvalue weighted by atomic mass is 32.2. The quantitative estimate of drug-likeness (QED) is 0.616. The first kappa shape index (κ1) is 23.8. The summed E-state index contributed by atoms with van der Waals surface area (Å²) in [6, 6.07) is 12.8. The van der Waals surface area contributed by atoms with Crippen LogP contribution in [0.15, 0.2) is 53.4 Å². The summed E-state index contributed by atoms with van der Waals surface area (Å²) in [5, 5.41) is 0. The minimum atomic E-state index is -3.88. The Kier molecular flexibility index (Phi) is 7.56. The van der Waals surface area contributed by atoms with Gasteiger partial charge in [-0.1, -0.05) is 36.6 Å². The summed E-state index contributed by atoms with van der Waals surface area (Å²) >= 11 is 0. The van der Waals surface area contributed by atoms with Crippen LogP contribution >= 0.6 is 0 Å². The van der Waals surface area contributed by atoms with Gasteiger partial charge in [0.05, 0.1) is 16.1 Å². The monoisotopic (exact) mass is 458 g/mol. The predicted molar refractivity (Wildman–Crippen MR) is 123 cm³/mol. The Morgan fingerprint density at radius 3 is 2.25 bits per heavy atom. The molecule has 1 unspecified atom stereocenters. The van der Waals surface area contributed by atoms with Gasteiger partial charge in [-0.25, -0.2) is 13.2 Å². The van der Waals surface area contributed by atoms with Crippen LogP contribution in [0.25, 0.3) is 0 Å². The van der Waals surface area contributed by atoms with E-state index >= 15 is 0 Å². The molecule has 0 aromatic heterocycles. The zero-order valence-corrected chi connectivity index (χ0v) is 19.6. The van der Waals surface area contributed by atoms with Crippen LogP contribution < -0.4 is 4.31 Å². The molecule has 0 bridgehead atoms. The maximum atomic E-state index is 13.1. The third-order valence-electron chi connectivity index (χ3n) is 5.68. The number of benzene rings is 2. The second-order valence-corrected chi connectivity index (χ2v) is 10.1. The van der Waals surface area contributed by atoms with Gasteiger partial charge in [0, 0.05) is 20.1 Å². The number of likely N-dealkylation sites (tertiary alicyclic amines) is 1. The van der Waals surface area contributed by atoms with Crippen molar-refractivity contribution in [2.45, 2.75) is 50.5 Å². The van der Waals surface area contributed by atoms with Gasteiger partial charge in [0.15, 0.2) is 6.10 Å². The molecule has 3 rings (SSSR count). The molecule has 8 heteroatoms. The summed E-state index contributed by atoms with van der Waals surface area (Å²) < 4.78 is 32.7. The lowest BCUT2D eigenvalue weighted by molar-refractivity contribution is -0.139. The van der Waals surface area contributed by atoms with Gasteiger partial charge in [-0.05, 0) is 57.0 Å². The second-order valence-electron chi connectivity index (χ2n) is 8.12. The molecule has 172 valence electrons. The Labute approximate surface area is 190 Å². The molecule has 2 aromatic carbocycles. The van der Waals surface area contributed by atoms with Crippen LogP contribution in [0.3, 0.4) is 0 Å². The van der Waals surface area contributed by atoms with Crippen LogP contribution in [0.5, 0.6) is 0 Å². The average molecular weight is 459 g/mol. The Balaban J connectivity index is 1.73. The normalized spacial score (nSPS) is 15.5. The fourth-order valence-corrected chi connectivity index (χ4v) is 4.90. The van der Waals surface area contributed by atoms with E-state index in [0.717, 1.165) is 31.2 Å². The SMILES string of the molecule is Cc1ccc(N(C)S(=O)(=O)c2cccc(C(=O)OC(C)C(=O)N3CCCCCC3)c2)cc1. The van der Waals surface area contributed by atoms with Gasteiger partial charge < -0.3 is 9.64 Å². The molecule has 0 N–H and O–H groups in total. The number of nitrogens with zero attached hydrogens (tertiary/aromatic N) is 2. The third-order valence-corrected chi connectivity index (χ3v) is 7.46. The van der Waals surface area contributed by atoms with Crippen LogP contribution in [-0.4, -0.2) is 51.4 Å². The van der Waals surface area contributed by atoms with Gasteiger partial charge in [-0.2, -0.15) is 0 Å². The first-order valence-corrected chi connectivity index (χ1v) is 12.3. The Morgan fingerprint density at radius 1 is 1.00 bits per heavy atom. The Bertz CT molecular complexity index is 1060. The van der Waals surface area contributed by atoms with Gasteiger partial charge >= 0.3 is 5.97 Å². The van der Waals surface area contributed by atoms with Crippen molar-refractivity contribution in [1.82, 2.24) is 4.90 Å². The second kappa shape index (κ2) is 10.2. The van der Waals surface area contributed by atoms with Crippen molar-refractivity contribution in [3.05, 3.63) is 59.7 Å². The number of carbonyl (C=O) groups is 2. The lowest BCUT2D eigenvalue weighted by Crippen LogP contribution is -2.40. The van der Waals surface area contributed by atoms with E-state index in [1.54, 1.807) is 24.0 Å². The number of amides is 1. The van der Waals surface area contributed by atoms with Crippen molar-refractivity contribution in [3.8, 4) is 0 Å². The van der Waals surface area contributed by atoms with Crippen molar-refractivity contribution < 1.29 is 22.7 Å². The van der Waals surface area contributed by atoms with Crippen molar-refractivity contribution in [1.29, 1.82) is 0 Å². The van der Waals surface area contributed by atoms with E-state index in [-0.39, 0.29) is 16.4 Å². The molecule has 1 fully saturated rings. The van der Waals surface area contributed by atoms with Crippen molar-refractivity contribution >= 4 is 27.6 Å². The highest BCUT2D eigenvalue weighted by molar-refractivity contribution is 7.92. The van der Waals surface area contributed by atoms with Crippen molar-refractivity contribution in [3.63, 3.8) is 0 Å². The fourth-order valence-electron chi connectivity index (χ4n) is 3.66. The summed E-state index contributed by atoms with van der Waals surface area (Å²) in [6.07, 6.45) is 3.14. The average Bonchev–Trinajstić information content (AvgIpc) is 3.08. The number of esters is 1. The minimum Gasteiger partial charge on any atom is -0.449 e. The molecule has 2 aromatic rings. The summed E-state index contributed by atoms with van der Waals surface area (Å²) in [6.45, 7) is 4.81. The fraction of sp³-hybridized carbons (Fsp3) is 0.417. The summed E-state index contributed by atoms with van der Waals surface area (Å²) in [7, 11) is -2.41. The van der Waals surface area contributed by atoms with Crippen molar-refractivity contribution in [2.75, 3.05) is 24.4 Å². The van der Waals surface area contributed by atoms with E-state index in [1.807, 2.05) is 19.1 Å². The summed E-state index contributed by atoms with van der Waals surface area (Å²) in [4.78, 5) is 27.0. The maximum Gasteiger partial charge on any atom is 0.338 e. The number of ether oxygens (including phenoxy) is 1. The molecule has 1 heterocycles. The molecule has 1 aliphatic rings. The van der Waals surface area contributed by atoms with E-state index in [1.165, 1.54) is 35.6 Å². The largest absolute Gasteiger partial charge is 0.449 e.